The Labute approximate surface area is 323 Å². The fourth-order valence-electron chi connectivity index (χ4n) is 8.21. The summed E-state index contributed by atoms with van der Waals surface area (Å²) in [6.45, 7) is 0. The zero-order valence-electron chi connectivity index (χ0n) is 30.3. The van der Waals surface area contributed by atoms with Crippen LogP contribution in [0.15, 0.2) is 200 Å². The molecule has 0 amide bonds. The van der Waals surface area contributed by atoms with Crippen LogP contribution in [0.25, 0.3) is 100 Å². The minimum Gasteiger partial charge on any atom is -0.309 e. The van der Waals surface area contributed by atoms with Crippen molar-refractivity contribution in [2.45, 2.75) is 0 Å². The molecule has 3 aromatic heterocycles. The lowest BCUT2D eigenvalue weighted by Gasteiger charge is -2.14. The van der Waals surface area contributed by atoms with Gasteiger partial charge < -0.3 is 4.57 Å². The van der Waals surface area contributed by atoms with Crippen molar-refractivity contribution in [1.29, 1.82) is 0 Å². The van der Waals surface area contributed by atoms with E-state index in [0.29, 0.717) is 17.6 Å². The van der Waals surface area contributed by atoms with Crippen molar-refractivity contribution in [2.24, 2.45) is 0 Å². The number of para-hydroxylation sites is 3. The number of hydrogen-bond donors (Lipinski definition) is 0. The molecule has 0 saturated carbocycles. The number of benzene rings is 8. The Balaban J connectivity index is 1.21. The molecule has 5 nitrogen and oxygen atoms in total. The van der Waals surface area contributed by atoms with Crippen LogP contribution in [-0.2, 0) is 0 Å². The van der Waals surface area contributed by atoms with E-state index in [9.17, 15) is 0 Å². The molecular weight excluding hydrogens is 683 g/mol. The molecule has 0 bridgehead atoms. The van der Waals surface area contributed by atoms with Crippen LogP contribution < -0.4 is 0 Å². The standard InChI is InChI=1S/C51H33N5/c1-5-17-34(18-6-1)43-31-38(37-29-30-42-40-25-13-15-27-45(40)55(47(42)33-37)39-23-11-4-12-24-39)32-44-41-26-14-16-28-46(41)56(48(43)44)51-53-49(35-19-7-2-8-20-35)52-50(54-51)36-21-9-3-10-22-36/h1-33H. The Morgan fingerprint density at radius 3 is 1.43 bits per heavy atom. The predicted molar refractivity (Wildman–Crippen MR) is 230 cm³/mol. The average molecular weight is 716 g/mol. The third-order valence-corrected chi connectivity index (χ3v) is 10.8. The molecule has 0 aliphatic heterocycles. The van der Waals surface area contributed by atoms with Gasteiger partial charge in [-0.15, -0.1) is 0 Å². The Morgan fingerprint density at radius 2 is 0.804 bits per heavy atom. The Morgan fingerprint density at radius 1 is 0.304 bits per heavy atom. The van der Waals surface area contributed by atoms with Gasteiger partial charge in [-0.05, 0) is 59.2 Å². The number of hydrogen-bond acceptors (Lipinski definition) is 3. The maximum atomic E-state index is 5.22. The summed E-state index contributed by atoms with van der Waals surface area (Å²) < 4.78 is 4.61. The molecule has 0 aliphatic rings. The van der Waals surface area contributed by atoms with Crippen LogP contribution in [0.2, 0.25) is 0 Å². The highest BCUT2D eigenvalue weighted by Gasteiger charge is 2.22. The minimum atomic E-state index is 0.572. The number of rotatable bonds is 6. The van der Waals surface area contributed by atoms with Crippen LogP contribution in [-0.4, -0.2) is 24.1 Å². The Kier molecular flexibility index (Phi) is 7.42. The molecular formula is C51H33N5. The summed E-state index contributed by atoms with van der Waals surface area (Å²) in [7, 11) is 0. The molecule has 0 fully saturated rings. The summed E-state index contributed by atoms with van der Waals surface area (Å²) in [5.41, 5.74) is 11.9. The van der Waals surface area contributed by atoms with Crippen molar-refractivity contribution in [2.75, 3.05) is 0 Å². The number of aromatic nitrogens is 5. The van der Waals surface area contributed by atoms with Gasteiger partial charge in [0.2, 0.25) is 5.95 Å². The molecule has 56 heavy (non-hydrogen) atoms. The summed E-state index contributed by atoms with van der Waals surface area (Å²) in [5.74, 6) is 1.82. The van der Waals surface area contributed by atoms with Gasteiger partial charge in [-0.1, -0.05) is 158 Å². The van der Waals surface area contributed by atoms with Gasteiger partial charge in [0, 0.05) is 43.9 Å². The average Bonchev–Trinajstić information content (AvgIpc) is 3.80. The highest BCUT2D eigenvalue weighted by molar-refractivity contribution is 6.16. The van der Waals surface area contributed by atoms with Crippen molar-refractivity contribution in [3.05, 3.63) is 200 Å². The van der Waals surface area contributed by atoms with Gasteiger partial charge in [-0.25, -0.2) is 4.98 Å². The number of fused-ring (bicyclic) bond motifs is 6. The zero-order chi connectivity index (χ0) is 37.0. The fraction of sp³-hybridized carbons (Fsp3) is 0. The first kappa shape index (κ1) is 31.9. The minimum absolute atomic E-state index is 0.572. The van der Waals surface area contributed by atoms with E-state index in [2.05, 4.69) is 173 Å². The lowest BCUT2D eigenvalue weighted by Crippen LogP contribution is -2.07. The fourth-order valence-corrected chi connectivity index (χ4v) is 8.21. The van der Waals surface area contributed by atoms with Crippen LogP contribution in [0.1, 0.15) is 0 Å². The molecule has 0 unspecified atom stereocenters. The molecule has 11 rings (SSSR count). The van der Waals surface area contributed by atoms with Gasteiger partial charge in [0.05, 0.1) is 22.1 Å². The maximum absolute atomic E-state index is 5.22. The van der Waals surface area contributed by atoms with Gasteiger partial charge in [0.25, 0.3) is 0 Å². The monoisotopic (exact) mass is 715 g/mol. The predicted octanol–water partition coefficient (Wildman–Crippen LogP) is 12.7. The molecule has 0 atom stereocenters. The molecule has 3 heterocycles. The molecule has 262 valence electrons. The maximum Gasteiger partial charge on any atom is 0.238 e. The normalized spacial score (nSPS) is 11.6. The summed E-state index contributed by atoms with van der Waals surface area (Å²) in [4.78, 5) is 15.4. The van der Waals surface area contributed by atoms with Gasteiger partial charge in [0.15, 0.2) is 11.6 Å². The molecule has 0 N–H and O–H groups in total. The molecule has 0 aliphatic carbocycles. The highest BCUT2D eigenvalue weighted by Crippen LogP contribution is 2.42. The zero-order valence-corrected chi connectivity index (χ0v) is 30.3. The molecule has 0 saturated heterocycles. The molecule has 5 heteroatoms. The summed E-state index contributed by atoms with van der Waals surface area (Å²) >= 11 is 0. The van der Waals surface area contributed by atoms with E-state index in [1.807, 2.05) is 36.4 Å². The van der Waals surface area contributed by atoms with Gasteiger partial charge in [0.1, 0.15) is 0 Å². The number of nitrogens with zero attached hydrogens (tertiary/aromatic N) is 5. The van der Waals surface area contributed by atoms with Crippen LogP contribution in [0.5, 0.6) is 0 Å². The second-order valence-electron chi connectivity index (χ2n) is 14.1. The first-order valence-corrected chi connectivity index (χ1v) is 18.9. The smallest absolute Gasteiger partial charge is 0.238 e. The first-order chi connectivity index (χ1) is 27.8. The van der Waals surface area contributed by atoms with Gasteiger partial charge in [-0.2, -0.15) is 9.97 Å². The quantitative estimate of drug-likeness (QED) is 0.172. The van der Waals surface area contributed by atoms with Crippen LogP contribution >= 0.6 is 0 Å². The van der Waals surface area contributed by atoms with E-state index in [1.54, 1.807) is 0 Å². The Bertz CT molecular complexity index is 3160. The van der Waals surface area contributed by atoms with E-state index in [-0.39, 0.29) is 0 Å². The topological polar surface area (TPSA) is 48.5 Å². The SMILES string of the molecule is c1ccc(-c2nc(-c3ccccc3)nc(-n3c4ccccc4c4cc(-c5ccc6c7ccccc7n(-c7ccccc7)c6c5)cc(-c5ccccc5)c43)n2)cc1. The second kappa shape index (κ2) is 13.0. The van der Waals surface area contributed by atoms with Crippen molar-refractivity contribution in [3.63, 3.8) is 0 Å². The van der Waals surface area contributed by atoms with E-state index >= 15 is 0 Å². The second-order valence-corrected chi connectivity index (χ2v) is 14.1. The van der Waals surface area contributed by atoms with E-state index in [4.69, 9.17) is 15.0 Å². The van der Waals surface area contributed by atoms with Gasteiger partial charge >= 0.3 is 0 Å². The van der Waals surface area contributed by atoms with Crippen molar-refractivity contribution in [3.8, 4) is 56.7 Å². The largest absolute Gasteiger partial charge is 0.309 e. The Hall–Kier alpha value is -7.63. The summed E-state index contributed by atoms with van der Waals surface area (Å²) in [6.07, 6.45) is 0. The van der Waals surface area contributed by atoms with E-state index in [0.717, 1.165) is 60.9 Å². The first-order valence-electron chi connectivity index (χ1n) is 18.9. The van der Waals surface area contributed by atoms with Gasteiger partial charge in [-0.3, -0.25) is 4.57 Å². The molecule has 0 spiro atoms. The van der Waals surface area contributed by atoms with Crippen molar-refractivity contribution < 1.29 is 0 Å². The molecule has 11 aromatic rings. The highest BCUT2D eigenvalue weighted by atomic mass is 15.2. The van der Waals surface area contributed by atoms with Crippen molar-refractivity contribution >= 4 is 43.6 Å². The third kappa shape index (κ3) is 5.21. The lowest BCUT2D eigenvalue weighted by molar-refractivity contribution is 0.954. The van der Waals surface area contributed by atoms with E-state index in [1.165, 1.54) is 21.8 Å². The lowest BCUT2D eigenvalue weighted by atomic mass is 9.95. The summed E-state index contributed by atoms with van der Waals surface area (Å²) in [5, 5.41) is 4.73. The summed E-state index contributed by atoms with van der Waals surface area (Å²) in [6, 6.07) is 70.5. The molecule has 0 radical (unpaired) electrons. The van der Waals surface area contributed by atoms with Crippen LogP contribution in [0.4, 0.5) is 0 Å². The van der Waals surface area contributed by atoms with Crippen LogP contribution in [0, 0.1) is 0 Å². The molecule has 8 aromatic carbocycles. The van der Waals surface area contributed by atoms with Crippen LogP contribution in [0.3, 0.4) is 0 Å². The van der Waals surface area contributed by atoms with Crippen molar-refractivity contribution in [1.82, 2.24) is 24.1 Å². The third-order valence-electron chi connectivity index (χ3n) is 10.8. The van der Waals surface area contributed by atoms with E-state index < -0.39 is 0 Å².